The van der Waals surface area contributed by atoms with Gasteiger partial charge in [-0.15, -0.1) is 0 Å². The monoisotopic (exact) mass is 276 g/mol. The van der Waals surface area contributed by atoms with Crippen molar-refractivity contribution in [1.29, 1.82) is 0 Å². The highest BCUT2D eigenvalue weighted by Crippen LogP contribution is 2.33. The van der Waals surface area contributed by atoms with E-state index in [-0.39, 0.29) is 10.8 Å². The zero-order valence-corrected chi connectivity index (χ0v) is 11.7. The lowest BCUT2D eigenvalue weighted by Crippen LogP contribution is -2.02. The summed E-state index contributed by atoms with van der Waals surface area (Å²) >= 11 is 0. The molecule has 0 aliphatic rings. The minimum Gasteiger partial charge on any atom is -0.282 e. The standard InChI is InChI=1S/C15H16O3S/c1-11(2)12-7-3-4-8-13(12)14-9-5-6-10-15(14)19(16,17)18/h3-11H,1-2H3,(H,16,17,18). The Bertz CT molecular complexity index is 688. The molecule has 1 N–H and O–H groups in total. The van der Waals surface area contributed by atoms with E-state index in [0.29, 0.717) is 5.56 Å². The highest BCUT2D eigenvalue weighted by Gasteiger charge is 2.18. The van der Waals surface area contributed by atoms with Crippen LogP contribution in [0.5, 0.6) is 0 Å². The Labute approximate surface area is 113 Å². The first-order valence-electron chi connectivity index (χ1n) is 6.07. The van der Waals surface area contributed by atoms with E-state index in [1.165, 1.54) is 6.07 Å². The number of hydrogen-bond acceptors (Lipinski definition) is 2. The van der Waals surface area contributed by atoms with Crippen LogP contribution in [-0.2, 0) is 10.1 Å². The number of benzene rings is 2. The summed E-state index contributed by atoms with van der Waals surface area (Å²) in [7, 11) is -4.22. The molecule has 100 valence electrons. The minimum atomic E-state index is -4.22. The Kier molecular flexibility index (Phi) is 3.73. The lowest BCUT2D eigenvalue weighted by molar-refractivity contribution is 0.483. The first-order chi connectivity index (χ1) is 8.91. The molecule has 0 unspecified atom stereocenters. The summed E-state index contributed by atoms with van der Waals surface area (Å²) in [6.07, 6.45) is 0. The maximum atomic E-state index is 11.5. The fourth-order valence-electron chi connectivity index (χ4n) is 2.16. The first kappa shape index (κ1) is 13.8. The maximum absolute atomic E-state index is 11.5. The number of hydrogen-bond donors (Lipinski definition) is 1. The molecule has 0 bridgehead atoms. The molecule has 0 fully saturated rings. The van der Waals surface area contributed by atoms with Crippen LogP contribution < -0.4 is 0 Å². The first-order valence-corrected chi connectivity index (χ1v) is 7.51. The van der Waals surface area contributed by atoms with Crippen molar-refractivity contribution in [3.8, 4) is 11.1 Å². The third-order valence-electron chi connectivity index (χ3n) is 3.04. The van der Waals surface area contributed by atoms with Crippen molar-refractivity contribution in [2.45, 2.75) is 24.7 Å². The second kappa shape index (κ2) is 5.15. The van der Waals surface area contributed by atoms with Crippen LogP contribution in [0.3, 0.4) is 0 Å². The van der Waals surface area contributed by atoms with E-state index in [1.54, 1.807) is 18.2 Å². The summed E-state index contributed by atoms with van der Waals surface area (Å²) in [5.41, 5.74) is 2.43. The number of rotatable bonds is 3. The Morgan fingerprint density at radius 1 is 0.895 bits per heavy atom. The SMILES string of the molecule is CC(C)c1ccccc1-c1ccccc1S(=O)(=O)O. The van der Waals surface area contributed by atoms with Crippen LogP contribution in [0, 0.1) is 0 Å². The summed E-state index contributed by atoms with van der Waals surface area (Å²) in [4.78, 5) is -0.0527. The molecule has 2 aromatic rings. The van der Waals surface area contributed by atoms with Crippen LogP contribution in [0.15, 0.2) is 53.4 Å². The van der Waals surface area contributed by atoms with Gasteiger partial charge in [0, 0.05) is 5.56 Å². The molecular weight excluding hydrogens is 260 g/mol. The average molecular weight is 276 g/mol. The van der Waals surface area contributed by atoms with Gasteiger partial charge in [0.1, 0.15) is 4.90 Å². The fraction of sp³-hybridized carbons (Fsp3) is 0.200. The quantitative estimate of drug-likeness (QED) is 0.869. The van der Waals surface area contributed by atoms with E-state index in [4.69, 9.17) is 0 Å². The average Bonchev–Trinajstić information content (AvgIpc) is 2.37. The van der Waals surface area contributed by atoms with Crippen LogP contribution in [0.4, 0.5) is 0 Å². The Balaban J connectivity index is 2.74. The molecule has 0 aliphatic carbocycles. The van der Waals surface area contributed by atoms with Gasteiger partial charge in [0.05, 0.1) is 0 Å². The van der Waals surface area contributed by atoms with E-state index in [2.05, 4.69) is 13.8 Å². The highest BCUT2D eigenvalue weighted by atomic mass is 32.2. The zero-order chi connectivity index (χ0) is 14.0. The molecular formula is C15H16O3S. The summed E-state index contributed by atoms with van der Waals surface area (Å²) in [6.45, 7) is 4.10. The van der Waals surface area contributed by atoms with Gasteiger partial charge in [-0.2, -0.15) is 8.42 Å². The Morgan fingerprint density at radius 2 is 1.42 bits per heavy atom. The molecule has 2 rings (SSSR count). The van der Waals surface area contributed by atoms with Gasteiger partial charge in [-0.3, -0.25) is 4.55 Å². The summed E-state index contributed by atoms with van der Waals surface area (Å²) in [5, 5.41) is 0. The van der Waals surface area contributed by atoms with Gasteiger partial charge in [0.2, 0.25) is 0 Å². The predicted molar refractivity (Wildman–Crippen MR) is 75.8 cm³/mol. The van der Waals surface area contributed by atoms with Crippen molar-refractivity contribution in [3.63, 3.8) is 0 Å². The molecule has 4 heteroatoms. The molecule has 19 heavy (non-hydrogen) atoms. The van der Waals surface area contributed by atoms with Crippen LogP contribution in [-0.4, -0.2) is 13.0 Å². The fourth-order valence-corrected chi connectivity index (χ4v) is 2.87. The van der Waals surface area contributed by atoms with E-state index in [0.717, 1.165) is 11.1 Å². The second-order valence-corrected chi connectivity index (χ2v) is 6.10. The van der Waals surface area contributed by atoms with Crippen molar-refractivity contribution in [2.75, 3.05) is 0 Å². The molecule has 0 saturated heterocycles. The Hall–Kier alpha value is -1.65. The van der Waals surface area contributed by atoms with Crippen LogP contribution in [0.1, 0.15) is 25.3 Å². The maximum Gasteiger partial charge on any atom is 0.295 e. The third kappa shape index (κ3) is 2.85. The molecule has 0 radical (unpaired) electrons. The van der Waals surface area contributed by atoms with E-state index in [9.17, 15) is 13.0 Å². The zero-order valence-electron chi connectivity index (χ0n) is 10.9. The molecule has 2 aromatic carbocycles. The van der Waals surface area contributed by atoms with Gasteiger partial charge >= 0.3 is 0 Å². The van der Waals surface area contributed by atoms with Crippen LogP contribution in [0.25, 0.3) is 11.1 Å². The smallest absolute Gasteiger partial charge is 0.282 e. The van der Waals surface area contributed by atoms with Gasteiger partial charge in [0.15, 0.2) is 0 Å². The molecule has 0 heterocycles. The van der Waals surface area contributed by atoms with Crippen molar-refractivity contribution in [1.82, 2.24) is 0 Å². The minimum absolute atomic E-state index is 0.0527. The molecule has 0 spiro atoms. The lowest BCUT2D eigenvalue weighted by atomic mass is 9.93. The van der Waals surface area contributed by atoms with Gasteiger partial charge < -0.3 is 0 Å². The lowest BCUT2D eigenvalue weighted by Gasteiger charge is -2.14. The molecule has 0 aromatic heterocycles. The molecule has 0 amide bonds. The van der Waals surface area contributed by atoms with Crippen molar-refractivity contribution >= 4 is 10.1 Å². The van der Waals surface area contributed by atoms with Crippen molar-refractivity contribution in [2.24, 2.45) is 0 Å². The topological polar surface area (TPSA) is 54.4 Å². The third-order valence-corrected chi connectivity index (χ3v) is 3.95. The summed E-state index contributed by atoms with van der Waals surface area (Å²) in [6, 6.07) is 14.1. The van der Waals surface area contributed by atoms with Crippen molar-refractivity contribution < 1.29 is 13.0 Å². The van der Waals surface area contributed by atoms with E-state index < -0.39 is 10.1 Å². The van der Waals surface area contributed by atoms with Crippen LogP contribution in [0.2, 0.25) is 0 Å². The molecule has 0 atom stereocenters. The predicted octanol–water partition coefficient (Wildman–Crippen LogP) is 3.72. The van der Waals surface area contributed by atoms with E-state index >= 15 is 0 Å². The normalized spacial score (nSPS) is 11.8. The van der Waals surface area contributed by atoms with Gasteiger partial charge in [-0.1, -0.05) is 56.3 Å². The molecule has 0 aliphatic heterocycles. The summed E-state index contributed by atoms with van der Waals surface area (Å²) in [5.74, 6) is 0.269. The van der Waals surface area contributed by atoms with Gasteiger partial charge in [0.25, 0.3) is 10.1 Å². The van der Waals surface area contributed by atoms with E-state index in [1.807, 2.05) is 24.3 Å². The van der Waals surface area contributed by atoms with Crippen molar-refractivity contribution in [3.05, 3.63) is 54.1 Å². The largest absolute Gasteiger partial charge is 0.295 e. The Morgan fingerprint density at radius 3 is 2.00 bits per heavy atom. The van der Waals surface area contributed by atoms with Gasteiger partial charge in [-0.25, -0.2) is 0 Å². The van der Waals surface area contributed by atoms with Crippen LogP contribution >= 0.6 is 0 Å². The van der Waals surface area contributed by atoms with Gasteiger partial charge in [-0.05, 0) is 23.1 Å². The highest BCUT2D eigenvalue weighted by molar-refractivity contribution is 7.86. The molecule has 3 nitrogen and oxygen atoms in total. The molecule has 0 saturated carbocycles. The summed E-state index contributed by atoms with van der Waals surface area (Å²) < 4.78 is 32.3. The second-order valence-electron chi connectivity index (χ2n) is 4.71.